The molecule has 1 N–H and O–H groups in total. The van der Waals surface area contributed by atoms with Gasteiger partial charge in [0.15, 0.2) is 0 Å². The Kier molecular flexibility index (Phi) is 5.08. The molecule has 0 saturated carbocycles. The van der Waals surface area contributed by atoms with E-state index in [1.807, 2.05) is 18.2 Å². The van der Waals surface area contributed by atoms with Crippen molar-refractivity contribution < 1.29 is 9.53 Å². The molecule has 150 valence electrons. The molecule has 2 fully saturated rings. The van der Waals surface area contributed by atoms with Crippen LogP contribution in [0.1, 0.15) is 24.0 Å². The van der Waals surface area contributed by atoms with Crippen molar-refractivity contribution in [2.75, 3.05) is 19.7 Å². The number of H-pyrrole nitrogens is 1. The molecule has 2 atom stereocenters. The smallest absolute Gasteiger partial charge is 0.249 e. The lowest BCUT2D eigenvalue weighted by Crippen LogP contribution is -2.53. The molecule has 2 aliphatic heterocycles. The number of carbonyl (C=O) groups excluding carboxylic acids is 1. The first-order valence-electron chi connectivity index (χ1n) is 10.5. The average molecular weight is 389 g/mol. The van der Waals surface area contributed by atoms with Crippen LogP contribution in [0.25, 0.3) is 10.9 Å². The van der Waals surface area contributed by atoms with E-state index < -0.39 is 0 Å². The number of nitrogens with one attached hydrogen (secondary N) is 1. The maximum absolute atomic E-state index is 12.6. The summed E-state index contributed by atoms with van der Waals surface area (Å²) in [7, 11) is 0. The summed E-state index contributed by atoms with van der Waals surface area (Å²) < 4.78 is 5.97. The van der Waals surface area contributed by atoms with Crippen LogP contribution in [0.2, 0.25) is 0 Å². The Bertz CT molecular complexity index is 984. The Morgan fingerprint density at radius 3 is 2.66 bits per heavy atom. The van der Waals surface area contributed by atoms with Gasteiger partial charge >= 0.3 is 0 Å². The van der Waals surface area contributed by atoms with Crippen molar-refractivity contribution in [2.24, 2.45) is 0 Å². The molecule has 2 aliphatic rings. The Morgan fingerprint density at radius 1 is 0.966 bits per heavy atom. The predicted molar refractivity (Wildman–Crippen MR) is 113 cm³/mol. The number of likely N-dealkylation sites (tertiary alicyclic amines) is 1. The number of rotatable bonds is 4. The fourth-order valence-corrected chi connectivity index (χ4v) is 4.76. The van der Waals surface area contributed by atoms with E-state index >= 15 is 0 Å². The molecule has 0 radical (unpaired) electrons. The molecule has 0 spiro atoms. The zero-order chi connectivity index (χ0) is 19.6. The lowest BCUT2D eigenvalue weighted by molar-refractivity contribution is -0.158. The van der Waals surface area contributed by atoms with Gasteiger partial charge in [-0.05, 0) is 30.0 Å². The van der Waals surface area contributed by atoms with Gasteiger partial charge in [-0.3, -0.25) is 9.69 Å². The molecule has 2 saturated heterocycles. The zero-order valence-corrected chi connectivity index (χ0v) is 16.6. The molecule has 1 amide bonds. The summed E-state index contributed by atoms with van der Waals surface area (Å²) in [4.78, 5) is 20.6. The van der Waals surface area contributed by atoms with Crippen molar-refractivity contribution in [1.29, 1.82) is 0 Å². The first-order chi connectivity index (χ1) is 14.3. The highest BCUT2D eigenvalue weighted by Gasteiger charge is 2.38. The molecule has 3 heterocycles. The number of nitrogens with zero attached hydrogens (tertiary/aromatic N) is 2. The first-order valence-corrected chi connectivity index (χ1v) is 10.5. The number of carbonyl (C=O) groups is 1. The minimum atomic E-state index is 0.111. The van der Waals surface area contributed by atoms with E-state index in [1.165, 1.54) is 22.0 Å². The average Bonchev–Trinajstić information content (AvgIpc) is 3.04. The van der Waals surface area contributed by atoms with Crippen LogP contribution >= 0.6 is 0 Å². The number of morpholine rings is 1. The zero-order valence-electron chi connectivity index (χ0n) is 16.6. The normalized spacial score (nSPS) is 23.2. The third kappa shape index (κ3) is 3.80. The highest BCUT2D eigenvalue weighted by Crippen LogP contribution is 2.27. The highest BCUT2D eigenvalue weighted by molar-refractivity contribution is 5.83. The summed E-state index contributed by atoms with van der Waals surface area (Å²) >= 11 is 0. The van der Waals surface area contributed by atoms with Gasteiger partial charge in [-0.2, -0.15) is 0 Å². The Labute approximate surface area is 171 Å². The second-order valence-corrected chi connectivity index (χ2v) is 8.14. The number of benzene rings is 2. The molecule has 2 aromatic carbocycles. The maximum atomic E-state index is 12.6. The van der Waals surface area contributed by atoms with Crippen molar-refractivity contribution in [2.45, 2.75) is 38.1 Å². The van der Waals surface area contributed by atoms with Crippen LogP contribution in [-0.4, -0.2) is 52.5 Å². The molecule has 5 rings (SSSR count). The van der Waals surface area contributed by atoms with Gasteiger partial charge in [0.2, 0.25) is 5.91 Å². The number of aromatic nitrogens is 1. The topological polar surface area (TPSA) is 48.6 Å². The standard InChI is InChI=1S/C24H27N3O2/c28-24-17-29-23-11-13-26(16-19-14-25-21-9-5-4-8-20(19)21)12-10-22(23)27(24)15-18-6-2-1-3-7-18/h1-9,14,22-23,25H,10-13,15-17H2/t22-,23-/m0/s1. The number of hydrogen-bond acceptors (Lipinski definition) is 3. The maximum Gasteiger partial charge on any atom is 0.249 e. The number of amides is 1. The van der Waals surface area contributed by atoms with Crippen LogP contribution < -0.4 is 0 Å². The van der Waals surface area contributed by atoms with Gasteiger partial charge in [-0.1, -0.05) is 48.5 Å². The molecule has 0 aliphatic carbocycles. The summed E-state index contributed by atoms with van der Waals surface area (Å²) in [5.41, 5.74) is 3.71. The second kappa shape index (κ2) is 8.01. The van der Waals surface area contributed by atoms with Crippen molar-refractivity contribution >= 4 is 16.8 Å². The molecule has 0 unspecified atom stereocenters. The van der Waals surface area contributed by atoms with Gasteiger partial charge < -0.3 is 14.6 Å². The van der Waals surface area contributed by atoms with Gasteiger partial charge in [0.25, 0.3) is 0 Å². The van der Waals surface area contributed by atoms with E-state index in [0.29, 0.717) is 6.54 Å². The molecule has 29 heavy (non-hydrogen) atoms. The van der Waals surface area contributed by atoms with Gasteiger partial charge in [0.05, 0.1) is 12.1 Å². The van der Waals surface area contributed by atoms with Crippen LogP contribution in [0, 0.1) is 0 Å². The molecular formula is C24H27N3O2. The number of ether oxygens (including phenoxy) is 1. The lowest BCUT2D eigenvalue weighted by atomic mass is 10.0. The predicted octanol–water partition coefficient (Wildman–Crippen LogP) is 3.56. The molecule has 3 aromatic rings. The summed E-state index contributed by atoms with van der Waals surface area (Å²) in [5.74, 6) is 0.111. The lowest BCUT2D eigenvalue weighted by Gasteiger charge is -2.40. The molecule has 5 heteroatoms. The largest absolute Gasteiger partial charge is 0.366 e. The van der Waals surface area contributed by atoms with E-state index in [-0.39, 0.29) is 24.7 Å². The minimum Gasteiger partial charge on any atom is -0.366 e. The second-order valence-electron chi connectivity index (χ2n) is 8.14. The van der Waals surface area contributed by atoms with E-state index in [9.17, 15) is 4.79 Å². The van der Waals surface area contributed by atoms with Crippen molar-refractivity contribution in [3.05, 3.63) is 71.9 Å². The van der Waals surface area contributed by atoms with E-state index in [2.05, 4.69) is 57.4 Å². The van der Waals surface area contributed by atoms with E-state index in [1.54, 1.807) is 0 Å². The summed E-state index contributed by atoms with van der Waals surface area (Å²) in [6.45, 7) is 3.77. The Morgan fingerprint density at radius 2 is 1.76 bits per heavy atom. The van der Waals surface area contributed by atoms with Gasteiger partial charge in [0, 0.05) is 43.3 Å². The number of fused-ring (bicyclic) bond motifs is 2. The molecule has 5 nitrogen and oxygen atoms in total. The molecule has 0 bridgehead atoms. The third-order valence-electron chi connectivity index (χ3n) is 6.31. The van der Waals surface area contributed by atoms with Crippen LogP contribution in [0.15, 0.2) is 60.8 Å². The third-order valence-corrected chi connectivity index (χ3v) is 6.31. The summed E-state index contributed by atoms with van der Waals surface area (Å²) in [6.07, 6.45) is 4.17. The van der Waals surface area contributed by atoms with E-state index in [4.69, 9.17) is 4.74 Å². The SMILES string of the molecule is O=C1CO[C@H]2CCN(Cc3c[nH]c4ccccc34)CC[C@@H]2N1Cc1ccccc1. The highest BCUT2D eigenvalue weighted by atomic mass is 16.5. The number of aromatic amines is 1. The molecule has 1 aromatic heterocycles. The number of para-hydroxylation sites is 1. The van der Waals surface area contributed by atoms with Crippen LogP contribution in [0.4, 0.5) is 0 Å². The van der Waals surface area contributed by atoms with Crippen LogP contribution in [0.5, 0.6) is 0 Å². The van der Waals surface area contributed by atoms with Gasteiger partial charge in [0.1, 0.15) is 6.61 Å². The van der Waals surface area contributed by atoms with Crippen LogP contribution in [-0.2, 0) is 22.6 Å². The van der Waals surface area contributed by atoms with Gasteiger partial charge in [-0.25, -0.2) is 0 Å². The first kappa shape index (κ1) is 18.4. The van der Waals surface area contributed by atoms with Crippen molar-refractivity contribution in [3.8, 4) is 0 Å². The Hall–Kier alpha value is -2.63. The minimum absolute atomic E-state index is 0.111. The fourth-order valence-electron chi connectivity index (χ4n) is 4.76. The van der Waals surface area contributed by atoms with Crippen LogP contribution in [0.3, 0.4) is 0 Å². The summed E-state index contributed by atoms with van der Waals surface area (Å²) in [6, 6.07) is 18.9. The molecular weight excluding hydrogens is 362 g/mol. The quantitative estimate of drug-likeness (QED) is 0.742. The summed E-state index contributed by atoms with van der Waals surface area (Å²) in [5, 5.41) is 1.30. The monoisotopic (exact) mass is 389 g/mol. The number of hydrogen-bond donors (Lipinski definition) is 1. The Balaban J connectivity index is 1.30. The van der Waals surface area contributed by atoms with Gasteiger partial charge in [-0.15, -0.1) is 0 Å². The van der Waals surface area contributed by atoms with Crippen molar-refractivity contribution in [1.82, 2.24) is 14.8 Å². The fraction of sp³-hybridized carbons (Fsp3) is 0.375. The van der Waals surface area contributed by atoms with Crippen molar-refractivity contribution in [3.63, 3.8) is 0 Å². The van der Waals surface area contributed by atoms with E-state index in [0.717, 1.165) is 32.5 Å².